The molecular formula is C24H46O11S2. The van der Waals surface area contributed by atoms with Crippen LogP contribution < -0.4 is 0 Å². The second-order valence-corrected chi connectivity index (χ2v) is 12.8. The van der Waals surface area contributed by atoms with E-state index in [-0.39, 0.29) is 6.61 Å². The largest absolute Gasteiger partial charge is 0.458 e. The molecule has 0 fully saturated rings. The first-order valence-electron chi connectivity index (χ1n) is 13.2. The van der Waals surface area contributed by atoms with E-state index in [4.69, 9.17) is 23.3 Å². The van der Waals surface area contributed by atoms with E-state index >= 15 is 0 Å². The Morgan fingerprint density at radius 3 is 1.43 bits per heavy atom. The lowest BCUT2D eigenvalue weighted by atomic mass is 10.0. The van der Waals surface area contributed by atoms with E-state index in [1.54, 1.807) is 0 Å². The lowest BCUT2D eigenvalue weighted by Crippen LogP contribution is -2.37. The number of carbonyl (C=O) groups is 2. The third-order valence-electron chi connectivity index (χ3n) is 5.97. The van der Waals surface area contributed by atoms with Crippen LogP contribution >= 0.6 is 0 Å². The standard InChI is InChI=1S/C24H46O11S2/c1-4-5-6-7-8-9-10-11-12-13-14-15-16-17-18-33-22(35-24(26)21(3)37(30,31)32)19-34-23(25)20(2)36(27,28)29/h20-22H,4-19H2,1-3H3,(H,27,28,29)(H,30,31,32). The molecule has 3 atom stereocenters. The minimum Gasteiger partial charge on any atom is -0.458 e. The van der Waals surface area contributed by atoms with Crippen LogP contribution in [0.4, 0.5) is 0 Å². The molecule has 0 aliphatic rings. The lowest BCUT2D eigenvalue weighted by Gasteiger charge is -2.20. The Hall–Kier alpha value is -1.28. The van der Waals surface area contributed by atoms with Gasteiger partial charge in [-0.1, -0.05) is 90.4 Å². The maximum Gasteiger partial charge on any atom is 0.328 e. The summed E-state index contributed by atoms with van der Waals surface area (Å²) >= 11 is 0. The highest BCUT2D eigenvalue weighted by molar-refractivity contribution is 7.87. The van der Waals surface area contributed by atoms with Crippen molar-refractivity contribution >= 4 is 32.2 Å². The zero-order valence-electron chi connectivity index (χ0n) is 22.4. The van der Waals surface area contributed by atoms with Crippen LogP contribution in [-0.2, 0) is 44.0 Å². The van der Waals surface area contributed by atoms with Gasteiger partial charge in [-0.2, -0.15) is 16.8 Å². The Morgan fingerprint density at radius 1 is 0.649 bits per heavy atom. The Morgan fingerprint density at radius 2 is 1.03 bits per heavy atom. The summed E-state index contributed by atoms with van der Waals surface area (Å²) in [5.41, 5.74) is 0. The van der Waals surface area contributed by atoms with Gasteiger partial charge < -0.3 is 14.2 Å². The van der Waals surface area contributed by atoms with Crippen LogP contribution in [0.15, 0.2) is 0 Å². The van der Waals surface area contributed by atoms with Gasteiger partial charge in [0.15, 0.2) is 17.1 Å². The number of esters is 2. The van der Waals surface area contributed by atoms with Gasteiger partial charge in [-0.05, 0) is 20.3 Å². The van der Waals surface area contributed by atoms with Crippen LogP contribution in [0, 0.1) is 0 Å². The summed E-state index contributed by atoms with van der Waals surface area (Å²) in [6.07, 6.45) is 14.8. The van der Waals surface area contributed by atoms with E-state index in [0.717, 1.165) is 39.5 Å². The van der Waals surface area contributed by atoms with Gasteiger partial charge in [0.1, 0.15) is 0 Å². The minimum absolute atomic E-state index is 0.113. The van der Waals surface area contributed by atoms with Gasteiger partial charge in [-0.25, -0.2) is 0 Å². The second kappa shape index (κ2) is 19.7. The minimum atomic E-state index is -4.71. The average molecular weight is 575 g/mol. The highest BCUT2D eigenvalue weighted by atomic mass is 32.2. The van der Waals surface area contributed by atoms with Crippen molar-refractivity contribution in [3.8, 4) is 0 Å². The molecule has 0 aromatic rings. The molecule has 0 aromatic carbocycles. The van der Waals surface area contributed by atoms with Gasteiger partial charge in [0.05, 0.1) is 6.61 Å². The molecule has 0 amide bonds. The summed E-state index contributed by atoms with van der Waals surface area (Å²) in [6, 6.07) is 0. The SMILES string of the molecule is CCCCCCCCCCCCCCCCOC(COC(=O)C(C)S(=O)(=O)O)OC(=O)C(C)S(=O)(=O)O. The zero-order chi connectivity index (χ0) is 28.3. The predicted molar refractivity (Wildman–Crippen MR) is 139 cm³/mol. The fourth-order valence-corrected chi connectivity index (χ4v) is 3.97. The smallest absolute Gasteiger partial charge is 0.328 e. The molecule has 13 heteroatoms. The number of hydrogen-bond acceptors (Lipinski definition) is 9. The zero-order valence-corrected chi connectivity index (χ0v) is 24.1. The number of hydrogen-bond donors (Lipinski definition) is 2. The summed E-state index contributed by atoms with van der Waals surface area (Å²) in [5, 5.41) is -3.77. The highest BCUT2D eigenvalue weighted by Crippen LogP contribution is 2.13. The second-order valence-electron chi connectivity index (χ2n) is 9.28. The van der Waals surface area contributed by atoms with Crippen molar-refractivity contribution in [2.45, 2.75) is 127 Å². The summed E-state index contributed by atoms with van der Waals surface area (Å²) in [6.45, 7) is 3.43. The number of unbranched alkanes of at least 4 members (excludes halogenated alkanes) is 13. The van der Waals surface area contributed by atoms with Gasteiger partial charge in [0.2, 0.25) is 6.29 Å². The molecule has 0 aliphatic heterocycles. The van der Waals surface area contributed by atoms with Gasteiger partial charge >= 0.3 is 11.9 Å². The lowest BCUT2D eigenvalue weighted by molar-refractivity contribution is -0.194. The molecule has 3 unspecified atom stereocenters. The predicted octanol–water partition coefficient (Wildman–Crippen LogP) is 4.45. The Labute approximate surface area is 222 Å². The normalized spacial score (nSPS) is 14.6. The monoisotopic (exact) mass is 574 g/mol. The average Bonchev–Trinajstić information content (AvgIpc) is 2.82. The third kappa shape index (κ3) is 18.6. The van der Waals surface area contributed by atoms with Gasteiger partial charge in [-0.3, -0.25) is 18.7 Å². The van der Waals surface area contributed by atoms with Crippen molar-refractivity contribution in [3.63, 3.8) is 0 Å². The number of rotatable bonds is 23. The Balaban J connectivity index is 4.29. The Kier molecular flexibility index (Phi) is 19.1. The molecule has 2 N–H and O–H groups in total. The number of ether oxygens (including phenoxy) is 3. The van der Waals surface area contributed by atoms with Crippen molar-refractivity contribution in [2.75, 3.05) is 13.2 Å². The fourth-order valence-electron chi connectivity index (χ4n) is 3.36. The van der Waals surface area contributed by atoms with Crippen LogP contribution in [0.25, 0.3) is 0 Å². The molecule has 0 saturated carbocycles. The molecule has 0 aromatic heterocycles. The topological polar surface area (TPSA) is 171 Å². The maximum absolute atomic E-state index is 12.0. The van der Waals surface area contributed by atoms with Crippen molar-refractivity contribution < 1.29 is 49.7 Å². The van der Waals surface area contributed by atoms with Gasteiger partial charge in [0, 0.05) is 0 Å². The molecule has 0 bridgehead atoms. The Bertz CT molecular complexity index is 841. The summed E-state index contributed by atoms with van der Waals surface area (Å²) in [7, 11) is -9.40. The first-order valence-corrected chi connectivity index (χ1v) is 16.2. The van der Waals surface area contributed by atoms with Crippen LogP contribution in [-0.4, -0.2) is 67.9 Å². The van der Waals surface area contributed by atoms with Gasteiger partial charge in [0.25, 0.3) is 20.2 Å². The van der Waals surface area contributed by atoms with Gasteiger partial charge in [-0.15, -0.1) is 0 Å². The maximum atomic E-state index is 12.0. The molecule has 37 heavy (non-hydrogen) atoms. The first kappa shape index (κ1) is 35.7. The van der Waals surface area contributed by atoms with E-state index in [1.807, 2.05) is 0 Å². The molecule has 0 heterocycles. The summed E-state index contributed by atoms with van der Waals surface area (Å²) in [5.74, 6) is -2.63. The molecule has 11 nitrogen and oxygen atoms in total. The molecule has 0 spiro atoms. The van der Waals surface area contributed by atoms with E-state index in [9.17, 15) is 26.4 Å². The van der Waals surface area contributed by atoms with E-state index < -0.39 is 55.6 Å². The van der Waals surface area contributed by atoms with Crippen molar-refractivity contribution in [2.24, 2.45) is 0 Å². The van der Waals surface area contributed by atoms with Crippen LogP contribution in [0.1, 0.15) is 111 Å². The molecular weight excluding hydrogens is 528 g/mol. The molecule has 220 valence electrons. The van der Waals surface area contributed by atoms with Crippen molar-refractivity contribution in [3.05, 3.63) is 0 Å². The quantitative estimate of drug-likeness (QED) is 0.0764. The molecule has 0 radical (unpaired) electrons. The van der Waals surface area contributed by atoms with E-state index in [1.165, 1.54) is 57.8 Å². The van der Waals surface area contributed by atoms with Crippen LogP contribution in [0.2, 0.25) is 0 Å². The summed E-state index contributed by atoms with van der Waals surface area (Å²) in [4.78, 5) is 23.8. The van der Waals surface area contributed by atoms with E-state index in [0.29, 0.717) is 6.42 Å². The number of carbonyl (C=O) groups excluding carboxylic acids is 2. The molecule has 0 saturated heterocycles. The first-order chi connectivity index (χ1) is 17.3. The molecule has 0 rings (SSSR count). The third-order valence-corrected chi connectivity index (χ3v) is 8.14. The van der Waals surface area contributed by atoms with E-state index in [2.05, 4.69) is 6.92 Å². The highest BCUT2D eigenvalue weighted by Gasteiger charge is 2.32. The van der Waals surface area contributed by atoms with Crippen molar-refractivity contribution in [1.29, 1.82) is 0 Å². The summed E-state index contributed by atoms with van der Waals surface area (Å²) < 4.78 is 77.4. The fraction of sp³-hybridized carbons (Fsp3) is 0.917. The van der Waals surface area contributed by atoms with Crippen molar-refractivity contribution in [1.82, 2.24) is 0 Å². The molecule has 0 aliphatic carbocycles. The van der Waals surface area contributed by atoms with Crippen LogP contribution in [0.5, 0.6) is 0 Å². The van der Waals surface area contributed by atoms with Crippen LogP contribution in [0.3, 0.4) is 0 Å².